The van der Waals surface area contributed by atoms with Gasteiger partial charge in [-0.05, 0) is 36.3 Å². The van der Waals surface area contributed by atoms with Crippen LogP contribution in [0.1, 0.15) is 70.4 Å². The maximum atomic E-state index is 2.46. The molecule has 0 nitrogen and oxygen atoms in total. The Morgan fingerprint density at radius 2 is 1.47 bits per heavy atom. The fraction of sp³-hybridized carbons (Fsp3) is 0.647. The van der Waals surface area contributed by atoms with E-state index in [1.54, 1.807) is 5.56 Å². The molecule has 96 valence electrons. The second-order valence-electron chi connectivity index (χ2n) is 5.58. The van der Waals surface area contributed by atoms with Crippen molar-refractivity contribution < 1.29 is 0 Å². The first-order valence-electron chi connectivity index (χ1n) is 7.20. The van der Waals surface area contributed by atoms with Gasteiger partial charge in [-0.25, -0.2) is 0 Å². The van der Waals surface area contributed by atoms with E-state index in [-0.39, 0.29) is 0 Å². The largest absolute Gasteiger partial charge is 0.0654 e. The van der Waals surface area contributed by atoms with Crippen LogP contribution in [0, 0.1) is 6.92 Å². The summed E-state index contributed by atoms with van der Waals surface area (Å²) in [6.45, 7) is 9.29. The molecule has 0 aliphatic carbocycles. The summed E-state index contributed by atoms with van der Waals surface area (Å²) < 4.78 is 0. The van der Waals surface area contributed by atoms with E-state index in [0.29, 0.717) is 5.41 Å². The highest BCUT2D eigenvalue weighted by Crippen LogP contribution is 2.36. The number of hydrogen-bond acceptors (Lipinski definition) is 0. The van der Waals surface area contributed by atoms with Gasteiger partial charge in [-0.3, -0.25) is 0 Å². The number of unbranched alkanes of at least 4 members (excludes halogenated alkanes) is 2. The fourth-order valence-electron chi connectivity index (χ4n) is 2.78. The molecule has 0 aliphatic heterocycles. The Labute approximate surface area is 107 Å². The minimum atomic E-state index is 0.386. The van der Waals surface area contributed by atoms with Crippen molar-refractivity contribution in [2.24, 2.45) is 0 Å². The average Bonchev–Trinajstić information content (AvgIpc) is 2.34. The predicted molar refractivity (Wildman–Crippen MR) is 77.6 cm³/mol. The molecule has 0 aromatic heterocycles. The van der Waals surface area contributed by atoms with Gasteiger partial charge in [0, 0.05) is 0 Å². The standard InChI is InChI=1S/C17H28/c1-5-7-13-17(4,14-8-6-2)16-12-10-9-11-15(16)3/h9-12H,5-8,13-14H2,1-4H3. The summed E-state index contributed by atoms with van der Waals surface area (Å²) >= 11 is 0. The summed E-state index contributed by atoms with van der Waals surface area (Å²) in [6, 6.07) is 8.93. The highest BCUT2D eigenvalue weighted by Gasteiger charge is 2.26. The van der Waals surface area contributed by atoms with Gasteiger partial charge in [0.25, 0.3) is 0 Å². The quantitative estimate of drug-likeness (QED) is 0.571. The Kier molecular flexibility index (Phi) is 5.74. The van der Waals surface area contributed by atoms with Gasteiger partial charge in [0.15, 0.2) is 0 Å². The summed E-state index contributed by atoms with van der Waals surface area (Å²) in [5.74, 6) is 0. The van der Waals surface area contributed by atoms with Gasteiger partial charge in [0.1, 0.15) is 0 Å². The highest BCUT2D eigenvalue weighted by molar-refractivity contribution is 5.32. The van der Waals surface area contributed by atoms with Gasteiger partial charge in [-0.15, -0.1) is 0 Å². The Morgan fingerprint density at radius 3 is 1.94 bits per heavy atom. The topological polar surface area (TPSA) is 0 Å². The van der Waals surface area contributed by atoms with Crippen LogP contribution < -0.4 is 0 Å². The van der Waals surface area contributed by atoms with Gasteiger partial charge < -0.3 is 0 Å². The van der Waals surface area contributed by atoms with E-state index in [9.17, 15) is 0 Å². The molecule has 1 rings (SSSR count). The van der Waals surface area contributed by atoms with Crippen LogP contribution in [0.5, 0.6) is 0 Å². The molecule has 1 aromatic rings. The summed E-state index contributed by atoms with van der Waals surface area (Å²) in [7, 11) is 0. The first-order chi connectivity index (χ1) is 8.14. The van der Waals surface area contributed by atoms with Crippen LogP contribution in [0.3, 0.4) is 0 Å². The van der Waals surface area contributed by atoms with Gasteiger partial charge in [-0.1, -0.05) is 70.7 Å². The predicted octanol–water partition coefficient (Wildman–Crippen LogP) is 5.63. The van der Waals surface area contributed by atoms with E-state index >= 15 is 0 Å². The molecule has 0 atom stereocenters. The summed E-state index contributed by atoms with van der Waals surface area (Å²) in [5.41, 5.74) is 3.42. The molecule has 0 bridgehead atoms. The van der Waals surface area contributed by atoms with E-state index in [0.717, 1.165) is 0 Å². The van der Waals surface area contributed by atoms with Crippen LogP contribution in [0.25, 0.3) is 0 Å². The molecule has 0 N–H and O–H groups in total. The van der Waals surface area contributed by atoms with Crippen molar-refractivity contribution in [2.45, 2.75) is 71.6 Å². The molecule has 0 heteroatoms. The van der Waals surface area contributed by atoms with Crippen LogP contribution in [0.4, 0.5) is 0 Å². The summed E-state index contributed by atoms with van der Waals surface area (Å²) in [5, 5.41) is 0. The Bertz CT molecular complexity index is 317. The van der Waals surface area contributed by atoms with Crippen molar-refractivity contribution in [1.82, 2.24) is 0 Å². The Hall–Kier alpha value is -0.780. The lowest BCUT2D eigenvalue weighted by atomic mass is 9.73. The third-order valence-electron chi connectivity index (χ3n) is 3.96. The lowest BCUT2D eigenvalue weighted by Gasteiger charge is -2.32. The van der Waals surface area contributed by atoms with Gasteiger partial charge in [0.2, 0.25) is 0 Å². The molecule has 1 aromatic carbocycles. The van der Waals surface area contributed by atoms with Crippen molar-refractivity contribution in [3.8, 4) is 0 Å². The molecule has 0 fully saturated rings. The van der Waals surface area contributed by atoms with Crippen LogP contribution >= 0.6 is 0 Å². The van der Waals surface area contributed by atoms with Crippen LogP contribution in [-0.2, 0) is 5.41 Å². The molecule has 17 heavy (non-hydrogen) atoms. The molecular weight excluding hydrogens is 204 g/mol. The molecule has 0 aliphatic rings. The SMILES string of the molecule is CCCCC(C)(CCCC)c1ccccc1C. The van der Waals surface area contributed by atoms with Gasteiger partial charge in [-0.2, -0.15) is 0 Å². The zero-order chi connectivity index (χ0) is 12.7. The highest BCUT2D eigenvalue weighted by atomic mass is 14.3. The molecule has 0 spiro atoms. The molecule has 0 heterocycles. The molecular formula is C17H28. The van der Waals surface area contributed by atoms with Crippen LogP contribution in [0.15, 0.2) is 24.3 Å². The minimum Gasteiger partial charge on any atom is -0.0654 e. The third kappa shape index (κ3) is 3.87. The Balaban J connectivity index is 2.92. The van der Waals surface area contributed by atoms with E-state index in [2.05, 4.69) is 52.0 Å². The maximum absolute atomic E-state index is 2.46. The van der Waals surface area contributed by atoms with E-state index in [4.69, 9.17) is 0 Å². The van der Waals surface area contributed by atoms with Crippen molar-refractivity contribution in [3.63, 3.8) is 0 Å². The third-order valence-corrected chi connectivity index (χ3v) is 3.96. The van der Waals surface area contributed by atoms with Crippen LogP contribution in [0.2, 0.25) is 0 Å². The molecule has 0 radical (unpaired) electrons. The van der Waals surface area contributed by atoms with Gasteiger partial charge >= 0.3 is 0 Å². The lowest BCUT2D eigenvalue weighted by Crippen LogP contribution is -2.23. The van der Waals surface area contributed by atoms with E-state index < -0.39 is 0 Å². The van der Waals surface area contributed by atoms with Crippen LogP contribution in [-0.4, -0.2) is 0 Å². The number of aryl methyl sites for hydroxylation is 1. The second-order valence-corrected chi connectivity index (χ2v) is 5.58. The van der Waals surface area contributed by atoms with E-state index in [1.165, 1.54) is 44.1 Å². The fourth-order valence-corrected chi connectivity index (χ4v) is 2.78. The molecule has 0 saturated carbocycles. The Morgan fingerprint density at radius 1 is 0.941 bits per heavy atom. The molecule has 0 amide bonds. The normalized spacial score (nSPS) is 11.8. The average molecular weight is 232 g/mol. The molecule has 0 unspecified atom stereocenters. The maximum Gasteiger partial charge on any atom is -0.00726 e. The zero-order valence-corrected chi connectivity index (χ0v) is 12.1. The second kappa shape index (κ2) is 6.83. The van der Waals surface area contributed by atoms with E-state index in [1.807, 2.05) is 0 Å². The number of rotatable bonds is 7. The van der Waals surface area contributed by atoms with Crippen molar-refractivity contribution in [3.05, 3.63) is 35.4 Å². The van der Waals surface area contributed by atoms with Gasteiger partial charge in [0.05, 0.1) is 0 Å². The first-order valence-corrected chi connectivity index (χ1v) is 7.20. The van der Waals surface area contributed by atoms with Crippen molar-refractivity contribution in [1.29, 1.82) is 0 Å². The summed E-state index contributed by atoms with van der Waals surface area (Å²) in [6.07, 6.45) is 7.94. The number of hydrogen-bond donors (Lipinski definition) is 0. The smallest absolute Gasteiger partial charge is 0.00726 e. The first kappa shape index (κ1) is 14.3. The van der Waals surface area contributed by atoms with Crippen molar-refractivity contribution >= 4 is 0 Å². The summed E-state index contributed by atoms with van der Waals surface area (Å²) in [4.78, 5) is 0. The zero-order valence-electron chi connectivity index (χ0n) is 12.1. The van der Waals surface area contributed by atoms with Crippen molar-refractivity contribution in [2.75, 3.05) is 0 Å². The molecule has 0 saturated heterocycles. The monoisotopic (exact) mass is 232 g/mol. The lowest BCUT2D eigenvalue weighted by molar-refractivity contribution is 0.373. The number of benzene rings is 1. The minimum absolute atomic E-state index is 0.386.